The molecule has 0 aliphatic heterocycles. The number of carbonyl (C=O) groups excluding carboxylic acids is 1. The summed E-state index contributed by atoms with van der Waals surface area (Å²) in [6, 6.07) is 0. The molecule has 0 aliphatic carbocycles. The molecular weight excluding hydrogens is 120 g/mol. The molecule has 0 aliphatic rings. The molecule has 0 saturated heterocycles. The maximum atomic E-state index is 10.1. The Bertz CT molecular complexity index is 70.9. The summed E-state index contributed by atoms with van der Waals surface area (Å²) in [7, 11) is 0. The van der Waals surface area contributed by atoms with Crippen LogP contribution in [0.2, 0.25) is 0 Å². The zero-order chi connectivity index (χ0) is 6.57. The van der Waals surface area contributed by atoms with Crippen LogP contribution in [-0.2, 0) is 4.79 Å². The van der Waals surface area contributed by atoms with Crippen molar-refractivity contribution in [3.63, 3.8) is 0 Å². The van der Waals surface area contributed by atoms with Gasteiger partial charge in [0.05, 0.1) is 0 Å². The second kappa shape index (κ2) is 3.96. The standard InChI is InChI=1S/C6H12OS/c1-3-6(4-7)5(2)8/h4-6,8H,3H2,1-2H3. The maximum absolute atomic E-state index is 10.1. The molecule has 2 atom stereocenters. The summed E-state index contributed by atoms with van der Waals surface area (Å²) < 4.78 is 0. The monoisotopic (exact) mass is 132 g/mol. The molecule has 0 aromatic rings. The number of rotatable bonds is 3. The Labute approximate surface area is 55.9 Å². The first-order chi connectivity index (χ1) is 3.72. The first-order valence-corrected chi connectivity index (χ1v) is 3.37. The number of hydrogen-bond acceptors (Lipinski definition) is 2. The fraction of sp³-hybridized carbons (Fsp3) is 0.833. The predicted octanol–water partition coefficient (Wildman–Crippen LogP) is 1.53. The Balaban J connectivity index is 3.51. The highest BCUT2D eigenvalue weighted by atomic mass is 32.1. The average Bonchev–Trinajstić information content (AvgIpc) is 1.69. The Kier molecular flexibility index (Phi) is 3.97. The van der Waals surface area contributed by atoms with Gasteiger partial charge in [0.1, 0.15) is 6.29 Å². The van der Waals surface area contributed by atoms with Gasteiger partial charge in [-0.25, -0.2) is 0 Å². The fourth-order valence-electron chi connectivity index (χ4n) is 0.551. The first-order valence-electron chi connectivity index (χ1n) is 2.85. The fourth-order valence-corrected chi connectivity index (χ4v) is 0.832. The van der Waals surface area contributed by atoms with Crippen molar-refractivity contribution in [1.29, 1.82) is 0 Å². The van der Waals surface area contributed by atoms with E-state index in [1.54, 1.807) is 0 Å². The SMILES string of the molecule is CCC(C=O)C(C)S. The van der Waals surface area contributed by atoms with Crippen molar-refractivity contribution >= 4 is 18.9 Å². The van der Waals surface area contributed by atoms with E-state index < -0.39 is 0 Å². The summed E-state index contributed by atoms with van der Waals surface area (Å²) in [5.41, 5.74) is 0. The molecule has 2 heteroatoms. The number of carbonyl (C=O) groups is 1. The summed E-state index contributed by atoms with van der Waals surface area (Å²) in [4.78, 5) is 10.1. The zero-order valence-corrected chi connectivity index (χ0v) is 6.19. The normalized spacial score (nSPS) is 17.4. The van der Waals surface area contributed by atoms with Crippen LogP contribution >= 0.6 is 12.6 Å². The minimum Gasteiger partial charge on any atom is -0.303 e. The van der Waals surface area contributed by atoms with Crippen LogP contribution in [-0.4, -0.2) is 11.5 Å². The van der Waals surface area contributed by atoms with Crippen LogP contribution < -0.4 is 0 Å². The van der Waals surface area contributed by atoms with Crippen molar-refractivity contribution in [3.05, 3.63) is 0 Å². The summed E-state index contributed by atoms with van der Waals surface area (Å²) in [6.07, 6.45) is 1.87. The third-order valence-electron chi connectivity index (χ3n) is 1.27. The average molecular weight is 132 g/mol. The van der Waals surface area contributed by atoms with Crippen molar-refractivity contribution in [1.82, 2.24) is 0 Å². The molecule has 0 amide bonds. The molecule has 0 aromatic heterocycles. The highest BCUT2D eigenvalue weighted by Crippen LogP contribution is 2.09. The summed E-state index contributed by atoms with van der Waals surface area (Å²) in [6.45, 7) is 3.93. The molecule has 0 heterocycles. The van der Waals surface area contributed by atoms with E-state index in [-0.39, 0.29) is 11.2 Å². The predicted molar refractivity (Wildman–Crippen MR) is 38.3 cm³/mol. The lowest BCUT2D eigenvalue weighted by atomic mass is 10.1. The zero-order valence-electron chi connectivity index (χ0n) is 5.29. The van der Waals surface area contributed by atoms with Gasteiger partial charge in [0, 0.05) is 11.2 Å². The first kappa shape index (κ1) is 8.02. The van der Waals surface area contributed by atoms with E-state index in [9.17, 15) is 4.79 Å². The minimum absolute atomic E-state index is 0.137. The van der Waals surface area contributed by atoms with Gasteiger partial charge in [-0.1, -0.05) is 13.8 Å². The van der Waals surface area contributed by atoms with Gasteiger partial charge in [0.25, 0.3) is 0 Å². The van der Waals surface area contributed by atoms with Gasteiger partial charge in [-0.15, -0.1) is 0 Å². The summed E-state index contributed by atoms with van der Waals surface area (Å²) >= 11 is 4.12. The Morgan fingerprint density at radius 3 is 2.25 bits per heavy atom. The quantitative estimate of drug-likeness (QED) is 0.455. The molecule has 0 N–H and O–H groups in total. The lowest BCUT2D eigenvalue weighted by Crippen LogP contribution is -2.10. The van der Waals surface area contributed by atoms with E-state index in [4.69, 9.17) is 0 Å². The van der Waals surface area contributed by atoms with Gasteiger partial charge in [-0.3, -0.25) is 0 Å². The molecule has 2 unspecified atom stereocenters. The number of hydrogen-bond donors (Lipinski definition) is 1. The van der Waals surface area contributed by atoms with Crippen LogP contribution in [0.5, 0.6) is 0 Å². The van der Waals surface area contributed by atoms with Crippen LogP contribution in [0.4, 0.5) is 0 Å². The Morgan fingerprint density at radius 1 is 1.75 bits per heavy atom. The Hall–Kier alpha value is 0.0200. The molecule has 48 valence electrons. The highest BCUT2D eigenvalue weighted by Gasteiger charge is 2.08. The van der Waals surface area contributed by atoms with Gasteiger partial charge in [-0.05, 0) is 6.42 Å². The summed E-state index contributed by atoms with van der Waals surface area (Å²) in [5.74, 6) is 0.137. The van der Waals surface area contributed by atoms with Crippen LogP contribution in [0.3, 0.4) is 0 Å². The molecular formula is C6H12OS. The van der Waals surface area contributed by atoms with Gasteiger partial charge >= 0.3 is 0 Å². The molecule has 0 spiro atoms. The van der Waals surface area contributed by atoms with Gasteiger partial charge < -0.3 is 4.79 Å². The third kappa shape index (κ3) is 2.36. The van der Waals surface area contributed by atoms with Crippen LogP contribution in [0.25, 0.3) is 0 Å². The summed E-state index contributed by atoms with van der Waals surface area (Å²) in [5, 5.41) is 0.206. The van der Waals surface area contributed by atoms with Gasteiger partial charge in [0.2, 0.25) is 0 Å². The molecule has 0 bridgehead atoms. The topological polar surface area (TPSA) is 17.1 Å². The van der Waals surface area contributed by atoms with Crippen molar-refractivity contribution in [3.8, 4) is 0 Å². The molecule has 0 rings (SSSR count). The van der Waals surface area contributed by atoms with Crippen molar-refractivity contribution < 1.29 is 4.79 Å². The van der Waals surface area contributed by atoms with E-state index >= 15 is 0 Å². The molecule has 0 aromatic carbocycles. The van der Waals surface area contributed by atoms with Crippen LogP contribution in [0.15, 0.2) is 0 Å². The third-order valence-corrected chi connectivity index (χ3v) is 1.65. The maximum Gasteiger partial charge on any atom is 0.124 e. The van der Waals surface area contributed by atoms with Crippen molar-refractivity contribution in [2.45, 2.75) is 25.5 Å². The second-order valence-corrected chi connectivity index (χ2v) is 2.76. The second-order valence-electron chi connectivity index (χ2n) is 1.95. The molecule has 0 saturated carbocycles. The van der Waals surface area contributed by atoms with E-state index in [0.717, 1.165) is 12.7 Å². The molecule has 1 nitrogen and oxygen atoms in total. The number of aldehydes is 1. The van der Waals surface area contributed by atoms with E-state index in [1.807, 2.05) is 13.8 Å². The van der Waals surface area contributed by atoms with Crippen molar-refractivity contribution in [2.24, 2.45) is 5.92 Å². The van der Waals surface area contributed by atoms with Gasteiger partial charge in [0.15, 0.2) is 0 Å². The molecule has 0 fully saturated rings. The van der Waals surface area contributed by atoms with Gasteiger partial charge in [-0.2, -0.15) is 12.6 Å². The molecule has 0 radical (unpaired) electrons. The number of thiol groups is 1. The molecule has 8 heavy (non-hydrogen) atoms. The Morgan fingerprint density at radius 2 is 2.25 bits per heavy atom. The largest absolute Gasteiger partial charge is 0.303 e. The van der Waals surface area contributed by atoms with Crippen LogP contribution in [0, 0.1) is 5.92 Å². The van der Waals surface area contributed by atoms with Crippen LogP contribution in [0.1, 0.15) is 20.3 Å². The lowest BCUT2D eigenvalue weighted by molar-refractivity contribution is -0.111. The smallest absolute Gasteiger partial charge is 0.124 e. The lowest BCUT2D eigenvalue weighted by Gasteiger charge is -2.08. The van der Waals surface area contributed by atoms with E-state index in [0.29, 0.717) is 0 Å². The van der Waals surface area contributed by atoms with E-state index in [2.05, 4.69) is 12.6 Å². The van der Waals surface area contributed by atoms with Crippen molar-refractivity contribution in [2.75, 3.05) is 0 Å². The highest BCUT2D eigenvalue weighted by molar-refractivity contribution is 7.81. The van der Waals surface area contributed by atoms with E-state index in [1.165, 1.54) is 0 Å². The minimum atomic E-state index is 0.137.